The van der Waals surface area contributed by atoms with Crippen LogP contribution in [0, 0.1) is 0 Å². The molecule has 0 heterocycles. The molecule has 0 spiro atoms. The van der Waals surface area contributed by atoms with Gasteiger partial charge in [-0.15, -0.1) is 0 Å². The van der Waals surface area contributed by atoms with E-state index in [-0.39, 0.29) is 18.8 Å². The summed E-state index contributed by atoms with van der Waals surface area (Å²) in [5.74, 6) is -0.552. The molecule has 0 aliphatic heterocycles. The van der Waals surface area contributed by atoms with Crippen molar-refractivity contribution in [1.82, 2.24) is 0 Å². The van der Waals surface area contributed by atoms with Crippen molar-refractivity contribution in [2.45, 2.75) is 6.42 Å². The van der Waals surface area contributed by atoms with Gasteiger partial charge in [-0.1, -0.05) is 6.58 Å². The number of hydrogen-bond donors (Lipinski definition) is 1. The van der Waals surface area contributed by atoms with Crippen molar-refractivity contribution in [3.63, 3.8) is 0 Å². The topological polar surface area (TPSA) is 65.0 Å². The third kappa shape index (κ3) is 5.70. The molecule has 1 N–H and O–H groups in total. The zero-order valence-electron chi connectivity index (χ0n) is 6.91. The highest BCUT2D eigenvalue weighted by molar-refractivity contribution is 5.71. The van der Waals surface area contributed by atoms with E-state index in [1.165, 1.54) is 7.11 Å². The molecule has 70 valence electrons. The highest BCUT2D eigenvalue weighted by atomic mass is 17.1. The zero-order valence-corrected chi connectivity index (χ0v) is 6.91. The quantitative estimate of drug-likeness (QED) is 0.211. The first kappa shape index (κ1) is 10.9. The number of carbonyl (C=O) groups excluding carboxylic acids is 1. The molecule has 0 amide bonds. The predicted octanol–water partition coefficient (Wildman–Crippen LogP) is 0.569. The van der Waals surface area contributed by atoms with Gasteiger partial charge in [0.25, 0.3) is 0 Å². The van der Waals surface area contributed by atoms with Crippen molar-refractivity contribution in [3.05, 3.63) is 12.3 Å². The number of hydrogen-bond acceptors (Lipinski definition) is 5. The lowest BCUT2D eigenvalue weighted by atomic mass is 10.4. The number of ether oxygens (including phenoxy) is 2. The minimum absolute atomic E-state index is 0.0441. The monoisotopic (exact) mass is 176 g/mol. The average molecular weight is 176 g/mol. The second-order valence-corrected chi connectivity index (χ2v) is 2.02. The van der Waals surface area contributed by atoms with Crippen molar-refractivity contribution in [2.24, 2.45) is 0 Å². The third-order valence-corrected chi connectivity index (χ3v) is 1.02. The predicted molar refractivity (Wildman–Crippen MR) is 40.3 cm³/mol. The fourth-order valence-electron chi connectivity index (χ4n) is 0.483. The standard InChI is InChI=1S/C7H12O5/c1-6(12-9)5-7(8)11-4-3-10-2/h9H,1,3-5H2,2H3. The largest absolute Gasteiger partial charge is 0.463 e. The summed E-state index contributed by atoms with van der Waals surface area (Å²) in [5.41, 5.74) is 0. The molecule has 0 aliphatic rings. The maximum atomic E-state index is 10.8. The van der Waals surface area contributed by atoms with E-state index in [0.29, 0.717) is 6.61 Å². The van der Waals surface area contributed by atoms with Gasteiger partial charge < -0.3 is 14.4 Å². The van der Waals surface area contributed by atoms with Crippen LogP contribution in [-0.4, -0.2) is 31.6 Å². The van der Waals surface area contributed by atoms with Crippen LogP contribution in [0.1, 0.15) is 6.42 Å². The molecule has 5 heteroatoms. The Labute approximate surface area is 70.5 Å². The van der Waals surface area contributed by atoms with Gasteiger partial charge in [0.15, 0.2) is 0 Å². The fraction of sp³-hybridized carbons (Fsp3) is 0.571. The molecular formula is C7H12O5. The second-order valence-electron chi connectivity index (χ2n) is 2.02. The summed E-state index contributed by atoms with van der Waals surface area (Å²) >= 11 is 0. The lowest BCUT2D eigenvalue weighted by Gasteiger charge is -2.03. The Morgan fingerprint density at radius 3 is 2.67 bits per heavy atom. The first-order chi connectivity index (χ1) is 5.70. The minimum Gasteiger partial charge on any atom is -0.463 e. The highest BCUT2D eigenvalue weighted by Gasteiger charge is 2.05. The van der Waals surface area contributed by atoms with Crippen molar-refractivity contribution in [3.8, 4) is 0 Å². The molecule has 5 nitrogen and oxygen atoms in total. The maximum absolute atomic E-state index is 10.8. The van der Waals surface area contributed by atoms with Crippen LogP contribution in [0.2, 0.25) is 0 Å². The molecule has 0 saturated carbocycles. The molecule has 0 rings (SSSR count). The molecule has 0 radical (unpaired) electrons. The lowest BCUT2D eigenvalue weighted by Crippen LogP contribution is -2.10. The second kappa shape index (κ2) is 6.63. The summed E-state index contributed by atoms with van der Waals surface area (Å²) in [5, 5.41) is 8.02. The molecule has 0 bridgehead atoms. The van der Waals surface area contributed by atoms with Crippen molar-refractivity contribution in [1.29, 1.82) is 0 Å². The zero-order chi connectivity index (χ0) is 9.40. The Kier molecular flexibility index (Phi) is 6.04. The Hall–Kier alpha value is -1.07. The Morgan fingerprint density at radius 1 is 1.50 bits per heavy atom. The Bertz CT molecular complexity index is 154. The maximum Gasteiger partial charge on any atom is 0.313 e. The van der Waals surface area contributed by atoms with Crippen LogP contribution in [-0.2, 0) is 19.2 Å². The van der Waals surface area contributed by atoms with E-state index in [1.54, 1.807) is 0 Å². The van der Waals surface area contributed by atoms with Crippen molar-refractivity contribution >= 4 is 5.97 Å². The summed E-state index contributed by atoms with van der Waals surface area (Å²) in [7, 11) is 1.50. The van der Waals surface area contributed by atoms with Crippen LogP contribution < -0.4 is 0 Å². The average Bonchev–Trinajstić information content (AvgIpc) is 2.05. The van der Waals surface area contributed by atoms with Gasteiger partial charge in [-0.05, 0) is 0 Å². The van der Waals surface area contributed by atoms with Gasteiger partial charge in [-0.25, -0.2) is 5.26 Å². The smallest absolute Gasteiger partial charge is 0.313 e. The number of rotatable bonds is 6. The minimum atomic E-state index is -0.508. The van der Waals surface area contributed by atoms with E-state index < -0.39 is 5.97 Å². The Balaban J connectivity index is 3.40. The van der Waals surface area contributed by atoms with Crippen molar-refractivity contribution in [2.75, 3.05) is 20.3 Å². The summed E-state index contributed by atoms with van der Waals surface area (Å²) in [4.78, 5) is 14.5. The number of esters is 1. The molecule has 0 atom stereocenters. The molecule has 0 saturated heterocycles. The van der Waals surface area contributed by atoms with Gasteiger partial charge in [0, 0.05) is 7.11 Å². The summed E-state index contributed by atoms with van der Waals surface area (Å²) in [6.45, 7) is 3.77. The van der Waals surface area contributed by atoms with Gasteiger partial charge in [-0.3, -0.25) is 4.79 Å². The summed E-state index contributed by atoms with van der Waals surface area (Å²) in [6.07, 6.45) is -0.153. The van der Waals surface area contributed by atoms with Gasteiger partial charge in [0.1, 0.15) is 18.8 Å². The highest BCUT2D eigenvalue weighted by Crippen LogP contribution is 1.99. The molecule has 0 unspecified atom stereocenters. The molecular weight excluding hydrogens is 164 g/mol. The molecule has 12 heavy (non-hydrogen) atoms. The van der Waals surface area contributed by atoms with E-state index in [0.717, 1.165) is 0 Å². The lowest BCUT2D eigenvalue weighted by molar-refractivity contribution is -0.206. The first-order valence-corrected chi connectivity index (χ1v) is 3.34. The number of methoxy groups -OCH3 is 1. The van der Waals surface area contributed by atoms with Crippen LogP contribution in [0.15, 0.2) is 12.3 Å². The third-order valence-electron chi connectivity index (χ3n) is 1.02. The van der Waals surface area contributed by atoms with Crippen LogP contribution in [0.3, 0.4) is 0 Å². The Morgan fingerprint density at radius 2 is 2.17 bits per heavy atom. The molecule has 0 aromatic heterocycles. The molecule has 0 fully saturated rings. The van der Waals surface area contributed by atoms with E-state index in [2.05, 4.69) is 20.9 Å². The SMILES string of the molecule is C=C(CC(=O)OCCOC)OO. The number of carbonyl (C=O) groups is 1. The van der Waals surface area contributed by atoms with Gasteiger partial charge in [-0.2, -0.15) is 0 Å². The van der Waals surface area contributed by atoms with Gasteiger partial charge in [0.2, 0.25) is 0 Å². The fourth-order valence-corrected chi connectivity index (χ4v) is 0.483. The van der Waals surface area contributed by atoms with E-state index in [4.69, 9.17) is 5.26 Å². The van der Waals surface area contributed by atoms with Crippen LogP contribution in [0.5, 0.6) is 0 Å². The van der Waals surface area contributed by atoms with Gasteiger partial charge in [0.05, 0.1) is 6.61 Å². The molecule has 0 aliphatic carbocycles. The normalized spacial score (nSPS) is 9.17. The summed E-state index contributed by atoms with van der Waals surface area (Å²) < 4.78 is 9.28. The molecule has 0 aromatic carbocycles. The summed E-state index contributed by atoms with van der Waals surface area (Å²) in [6, 6.07) is 0. The van der Waals surface area contributed by atoms with E-state index in [9.17, 15) is 4.79 Å². The van der Waals surface area contributed by atoms with Crippen LogP contribution in [0.4, 0.5) is 0 Å². The van der Waals surface area contributed by atoms with Crippen LogP contribution in [0.25, 0.3) is 0 Å². The first-order valence-electron chi connectivity index (χ1n) is 3.34. The van der Waals surface area contributed by atoms with Crippen LogP contribution >= 0.6 is 0 Å². The van der Waals surface area contributed by atoms with Crippen molar-refractivity contribution < 1.29 is 24.4 Å². The molecule has 0 aromatic rings. The van der Waals surface area contributed by atoms with E-state index in [1.807, 2.05) is 0 Å². The van der Waals surface area contributed by atoms with E-state index >= 15 is 0 Å². The van der Waals surface area contributed by atoms with Gasteiger partial charge >= 0.3 is 5.97 Å².